The van der Waals surface area contributed by atoms with Crippen molar-refractivity contribution in [3.63, 3.8) is 0 Å². The van der Waals surface area contributed by atoms with Gasteiger partial charge in [0, 0.05) is 13.0 Å². The summed E-state index contributed by atoms with van der Waals surface area (Å²) in [6, 6.07) is 0. The molecule has 1 heterocycles. The molecule has 9 nitrogen and oxygen atoms in total. The Morgan fingerprint density at radius 3 is 2.53 bits per heavy atom. The van der Waals surface area contributed by atoms with Crippen LogP contribution in [0.15, 0.2) is 0 Å². The third kappa shape index (κ3) is 5.69. The van der Waals surface area contributed by atoms with E-state index >= 15 is 0 Å². The van der Waals surface area contributed by atoms with Gasteiger partial charge >= 0.3 is 0 Å². The lowest BCUT2D eigenvalue weighted by molar-refractivity contribution is -0.235. The Balaban J connectivity index is 2.18. The van der Waals surface area contributed by atoms with Crippen LogP contribution >= 0.6 is 34.4 Å². The number of methoxy groups -OCH3 is 2. The number of carbonyl (C=O) groups is 1. The number of aromatic hydroxyl groups is 1. The summed E-state index contributed by atoms with van der Waals surface area (Å²) in [6.07, 6.45) is -2.46. The van der Waals surface area contributed by atoms with E-state index in [9.17, 15) is 20.1 Å². The number of nitrogens with one attached hydrogen (secondary N) is 1. The van der Waals surface area contributed by atoms with Crippen molar-refractivity contribution in [3.05, 3.63) is 14.7 Å². The quantitative estimate of drug-likeness (QED) is 0.278. The molecule has 0 bridgehead atoms. The van der Waals surface area contributed by atoms with Gasteiger partial charge in [-0.25, -0.2) is 0 Å². The number of phenolic OH excluding ortho intramolecular Hbond substituents is 1. The largest absolute Gasteiger partial charge is 0.503 e. The maximum absolute atomic E-state index is 13.2. The van der Waals surface area contributed by atoms with Crippen LogP contribution in [0.1, 0.15) is 36.2 Å². The average molecular weight is 557 g/mol. The average Bonchev–Trinajstić information content (AvgIpc) is 2.68. The molecule has 4 N–H and O–H groups in total. The van der Waals surface area contributed by atoms with Crippen molar-refractivity contribution in [2.45, 2.75) is 57.0 Å². The molecular formula is C19H28INO8S. The smallest absolute Gasteiger partial charge is 0.224 e. The second-order valence-corrected chi connectivity index (χ2v) is 9.22. The highest BCUT2D eigenvalue weighted by Gasteiger charge is 2.39. The Labute approximate surface area is 193 Å². The molecule has 0 amide bonds. The molecule has 1 fully saturated rings. The van der Waals surface area contributed by atoms with Crippen molar-refractivity contribution in [2.24, 2.45) is 0 Å². The number of hydrogen-bond donors (Lipinski definition) is 4. The number of rotatable bonds is 8. The maximum atomic E-state index is 13.2. The summed E-state index contributed by atoms with van der Waals surface area (Å²) in [5.74, 6) is 0.142. The molecule has 5 unspecified atom stereocenters. The van der Waals surface area contributed by atoms with E-state index in [4.69, 9.17) is 19.0 Å². The number of thioether (sulfide) groups is 1. The number of benzene rings is 1. The van der Waals surface area contributed by atoms with Gasteiger partial charge in [-0.2, -0.15) is 5.48 Å². The van der Waals surface area contributed by atoms with E-state index in [1.54, 1.807) is 20.8 Å². The number of carbonyl (C=O) groups excluding carboxylic acids is 1. The van der Waals surface area contributed by atoms with E-state index in [0.29, 0.717) is 9.13 Å². The first-order valence-corrected chi connectivity index (χ1v) is 11.3. The summed E-state index contributed by atoms with van der Waals surface area (Å²) >= 11 is 2.89. The highest BCUT2D eigenvalue weighted by molar-refractivity contribution is 14.1. The van der Waals surface area contributed by atoms with Crippen LogP contribution in [0, 0.1) is 10.5 Å². The van der Waals surface area contributed by atoms with E-state index < -0.39 is 29.9 Å². The fraction of sp³-hybridized carbons (Fsp3) is 0.632. The molecule has 1 aromatic rings. The van der Waals surface area contributed by atoms with E-state index in [0.717, 1.165) is 11.8 Å². The van der Waals surface area contributed by atoms with Gasteiger partial charge in [-0.15, -0.1) is 0 Å². The number of ether oxygens (including phenoxy) is 3. The minimum Gasteiger partial charge on any atom is -0.503 e. The Bertz CT molecular complexity index is 751. The van der Waals surface area contributed by atoms with E-state index in [1.807, 2.05) is 22.6 Å². The second-order valence-electron chi connectivity index (χ2n) is 6.99. The summed E-state index contributed by atoms with van der Waals surface area (Å²) in [5, 5.41) is 29.3. The number of phenols is 1. The molecule has 0 spiro atoms. The Hall–Kier alpha value is -0.830. The van der Waals surface area contributed by atoms with Gasteiger partial charge in [0.1, 0.15) is 0 Å². The Morgan fingerprint density at radius 2 is 2.00 bits per heavy atom. The van der Waals surface area contributed by atoms with Crippen molar-refractivity contribution >= 4 is 39.5 Å². The van der Waals surface area contributed by atoms with Gasteiger partial charge in [-0.3, -0.25) is 9.63 Å². The number of aliphatic hydroxyl groups excluding tert-OH is 2. The van der Waals surface area contributed by atoms with Crippen molar-refractivity contribution in [1.29, 1.82) is 0 Å². The lowest BCUT2D eigenvalue weighted by Crippen LogP contribution is -2.48. The summed E-state index contributed by atoms with van der Waals surface area (Å²) in [6.45, 7) is 5.31. The fourth-order valence-corrected chi connectivity index (χ4v) is 4.77. The number of halogens is 1. The highest BCUT2D eigenvalue weighted by Crippen LogP contribution is 2.46. The molecule has 1 saturated heterocycles. The van der Waals surface area contributed by atoms with Gasteiger partial charge in [-0.05, 0) is 48.9 Å². The molecule has 0 aromatic heterocycles. The molecule has 11 heteroatoms. The number of aliphatic hydroxyl groups is 2. The third-order valence-corrected chi connectivity index (χ3v) is 7.36. The van der Waals surface area contributed by atoms with Gasteiger partial charge in [-0.1, -0.05) is 11.8 Å². The zero-order valence-corrected chi connectivity index (χ0v) is 20.4. The Morgan fingerprint density at radius 1 is 1.37 bits per heavy atom. The summed E-state index contributed by atoms with van der Waals surface area (Å²) in [7, 11) is 2.78. The van der Waals surface area contributed by atoms with Gasteiger partial charge in [0.25, 0.3) is 0 Å². The van der Waals surface area contributed by atoms with Gasteiger partial charge in [0.05, 0.1) is 46.9 Å². The molecule has 170 valence electrons. The maximum Gasteiger partial charge on any atom is 0.224 e. The van der Waals surface area contributed by atoms with Crippen LogP contribution < -0.4 is 15.0 Å². The lowest BCUT2D eigenvalue weighted by atomic mass is 10.1. The van der Waals surface area contributed by atoms with Crippen molar-refractivity contribution in [2.75, 3.05) is 20.8 Å². The second kappa shape index (κ2) is 11.2. The van der Waals surface area contributed by atoms with Crippen LogP contribution in [0.3, 0.4) is 0 Å². The summed E-state index contributed by atoms with van der Waals surface area (Å²) < 4.78 is 16.9. The monoisotopic (exact) mass is 557 g/mol. The van der Waals surface area contributed by atoms with Gasteiger partial charge in [0.2, 0.25) is 10.9 Å². The summed E-state index contributed by atoms with van der Waals surface area (Å²) in [4.78, 5) is 18.5. The normalized spacial score (nSPS) is 25.1. The SMILES string of the molecule is COc1c(O)c(I)c(C)c(C(=O)SC2C(O)CC(ONCC(C)O)OC2C)c1OC. The minimum absolute atomic E-state index is 0.0857. The molecule has 0 aliphatic carbocycles. The molecule has 0 saturated carbocycles. The molecule has 5 atom stereocenters. The van der Waals surface area contributed by atoms with Crippen molar-refractivity contribution in [1.82, 2.24) is 5.48 Å². The van der Waals surface area contributed by atoms with Crippen molar-refractivity contribution in [3.8, 4) is 17.2 Å². The van der Waals surface area contributed by atoms with E-state index in [-0.39, 0.29) is 40.9 Å². The first-order chi connectivity index (χ1) is 14.1. The molecule has 2 rings (SSSR count). The third-order valence-electron chi connectivity index (χ3n) is 4.65. The standard InChI is InChI=1S/C19H28INO8S/c1-8(22)7-21-29-12-6-11(23)18(10(3)28-12)30-19(25)13-9(2)14(20)15(24)17(27-5)16(13)26-4/h8,10-12,18,21-24H,6-7H2,1-5H3. The molecular weight excluding hydrogens is 529 g/mol. The van der Waals surface area contributed by atoms with Gasteiger partial charge in [0.15, 0.2) is 17.8 Å². The number of hydrogen-bond acceptors (Lipinski definition) is 10. The first kappa shape index (κ1) is 25.4. The highest BCUT2D eigenvalue weighted by atomic mass is 127. The Kier molecular flexibility index (Phi) is 9.46. The fourth-order valence-electron chi connectivity index (χ4n) is 3.12. The van der Waals surface area contributed by atoms with Crippen LogP contribution in [-0.4, -0.2) is 71.1 Å². The number of hydroxylamine groups is 1. The molecule has 1 aromatic carbocycles. The zero-order chi connectivity index (χ0) is 22.6. The van der Waals surface area contributed by atoms with Crippen LogP contribution in [0.5, 0.6) is 17.2 Å². The molecule has 1 aliphatic heterocycles. The molecule has 1 aliphatic rings. The molecule has 30 heavy (non-hydrogen) atoms. The lowest BCUT2D eigenvalue weighted by Gasteiger charge is -2.37. The van der Waals surface area contributed by atoms with Crippen molar-refractivity contribution < 1.29 is 39.2 Å². The van der Waals surface area contributed by atoms with Crippen LogP contribution in [0.25, 0.3) is 0 Å². The van der Waals surface area contributed by atoms with Crippen LogP contribution in [-0.2, 0) is 9.57 Å². The predicted octanol–water partition coefficient (Wildman–Crippen LogP) is 1.96. The van der Waals surface area contributed by atoms with Crippen LogP contribution in [0.2, 0.25) is 0 Å². The molecule has 0 radical (unpaired) electrons. The summed E-state index contributed by atoms with van der Waals surface area (Å²) in [5.41, 5.74) is 3.45. The topological polar surface area (TPSA) is 127 Å². The minimum atomic E-state index is -0.856. The predicted molar refractivity (Wildman–Crippen MR) is 120 cm³/mol. The van der Waals surface area contributed by atoms with E-state index in [1.165, 1.54) is 14.2 Å². The first-order valence-electron chi connectivity index (χ1n) is 9.36. The van der Waals surface area contributed by atoms with E-state index in [2.05, 4.69) is 5.48 Å². The zero-order valence-electron chi connectivity index (χ0n) is 17.5. The van der Waals surface area contributed by atoms with Gasteiger partial charge < -0.3 is 29.5 Å². The van der Waals surface area contributed by atoms with Crippen LogP contribution in [0.4, 0.5) is 0 Å².